The van der Waals surface area contributed by atoms with Crippen LogP contribution in [0.3, 0.4) is 0 Å². The van der Waals surface area contributed by atoms with Gasteiger partial charge in [-0.1, -0.05) is 26.0 Å². The van der Waals surface area contributed by atoms with E-state index in [1.54, 1.807) is 0 Å². The van der Waals surface area contributed by atoms with Crippen LogP contribution in [0.2, 0.25) is 0 Å². The zero-order valence-electron chi connectivity index (χ0n) is 13.0. The summed E-state index contributed by atoms with van der Waals surface area (Å²) in [5.41, 5.74) is 7.37. The van der Waals surface area contributed by atoms with Crippen LogP contribution in [0.4, 0.5) is 0 Å². The van der Waals surface area contributed by atoms with Gasteiger partial charge in [-0.05, 0) is 43.4 Å². The molecule has 0 bridgehead atoms. The summed E-state index contributed by atoms with van der Waals surface area (Å²) in [6, 6.07) is 9.45. The predicted molar refractivity (Wildman–Crippen MR) is 84.0 cm³/mol. The van der Waals surface area contributed by atoms with Gasteiger partial charge < -0.3 is 10.5 Å². The molecule has 0 saturated heterocycles. The van der Waals surface area contributed by atoms with Crippen molar-refractivity contribution in [2.24, 2.45) is 11.7 Å². The molecule has 1 aliphatic rings. The molecular weight excluding hydrogens is 248 g/mol. The summed E-state index contributed by atoms with van der Waals surface area (Å²) in [5.74, 6) is 1.61. The van der Waals surface area contributed by atoms with Gasteiger partial charge in [-0.2, -0.15) is 0 Å². The minimum atomic E-state index is 0.310. The van der Waals surface area contributed by atoms with E-state index in [0.29, 0.717) is 25.1 Å². The monoisotopic (exact) mass is 276 g/mol. The van der Waals surface area contributed by atoms with Crippen LogP contribution in [0.1, 0.15) is 45.2 Å². The van der Waals surface area contributed by atoms with Crippen LogP contribution in [0.15, 0.2) is 24.3 Å². The molecule has 1 unspecified atom stereocenters. The third-order valence-corrected chi connectivity index (χ3v) is 3.77. The molecule has 0 spiro atoms. The fraction of sp³-hybridized carbons (Fsp3) is 0.647. The average molecular weight is 276 g/mol. The van der Waals surface area contributed by atoms with Crippen LogP contribution in [0.5, 0.6) is 5.75 Å². The van der Waals surface area contributed by atoms with Gasteiger partial charge in [0.05, 0.1) is 6.61 Å². The lowest BCUT2D eigenvalue weighted by Gasteiger charge is -2.33. The third-order valence-electron chi connectivity index (χ3n) is 3.77. The van der Waals surface area contributed by atoms with Crippen molar-refractivity contribution in [3.05, 3.63) is 29.8 Å². The zero-order chi connectivity index (χ0) is 14.5. The molecule has 0 amide bonds. The Kier molecular flexibility index (Phi) is 5.44. The molecule has 112 valence electrons. The summed E-state index contributed by atoms with van der Waals surface area (Å²) in [6.45, 7) is 9.06. The number of hydrogen-bond donors (Lipinski definition) is 1. The first kappa shape index (κ1) is 15.3. The molecule has 0 aromatic heterocycles. The van der Waals surface area contributed by atoms with Gasteiger partial charge in [0.2, 0.25) is 0 Å². The lowest BCUT2D eigenvalue weighted by atomic mass is 10.0. The molecule has 1 aromatic carbocycles. The van der Waals surface area contributed by atoms with E-state index in [2.05, 4.69) is 36.9 Å². The van der Waals surface area contributed by atoms with Crippen molar-refractivity contribution < 1.29 is 4.74 Å². The van der Waals surface area contributed by atoms with Gasteiger partial charge in [0.1, 0.15) is 5.75 Å². The molecule has 0 radical (unpaired) electrons. The molecule has 0 aliphatic heterocycles. The maximum absolute atomic E-state index is 6.09. The van der Waals surface area contributed by atoms with Crippen LogP contribution in [0, 0.1) is 5.92 Å². The SMILES string of the molecule is CCOc1cccc(C(CN)N(CC(C)C)C2CC2)c1. The largest absolute Gasteiger partial charge is 0.494 e. The quantitative estimate of drug-likeness (QED) is 0.792. The third kappa shape index (κ3) is 3.97. The first-order valence-electron chi connectivity index (χ1n) is 7.84. The van der Waals surface area contributed by atoms with Crippen LogP contribution in [-0.2, 0) is 0 Å². The molecule has 0 heterocycles. The smallest absolute Gasteiger partial charge is 0.119 e. The van der Waals surface area contributed by atoms with E-state index in [4.69, 9.17) is 10.5 Å². The Labute approximate surface area is 123 Å². The number of hydrogen-bond acceptors (Lipinski definition) is 3. The van der Waals surface area contributed by atoms with Gasteiger partial charge in [-0.25, -0.2) is 0 Å². The first-order chi connectivity index (χ1) is 9.65. The van der Waals surface area contributed by atoms with Gasteiger partial charge in [-0.15, -0.1) is 0 Å². The minimum Gasteiger partial charge on any atom is -0.494 e. The second kappa shape index (κ2) is 7.09. The molecule has 3 heteroatoms. The van der Waals surface area contributed by atoms with Crippen molar-refractivity contribution in [2.75, 3.05) is 19.7 Å². The van der Waals surface area contributed by atoms with Gasteiger partial charge in [-0.3, -0.25) is 4.90 Å². The fourth-order valence-corrected chi connectivity index (χ4v) is 2.80. The molecule has 1 saturated carbocycles. The highest BCUT2D eigenvalue weighted by molar-refractivity contribution is 5.31. The molecular formula is C17H28N2O. The maximum Gasteiger partial charge on any atom is 0.119 e. The Bertz CT molecular complexity index is 415. The standard InChI is InChI=1S/C17H28N2O/c1-4-20-16-7-5-6-14(10-16)17(11-18)19(12-13(2)3)15-8-9-15/h5-7,10,13,15,17H,4,8-9,11-12,18H2,1-3H3. The topological polar surface area (TPSA) is 38.5 Å². The van der Waals surface area contributed by atoms with E-state index >= 15 is 0 Å². The number of rotatable bonds is 8. The Morgan fingerprint density at radius 2 is 2.10 bits per heavy atom. The summed E-state index contributed by atoms with van der Waals surface area (Å²) in [5, 5.41) is 0. The lowest BCUT2D eigenvalue weighted by molar-refractivity contribution is 0.169. The van der Waals surface area contributed by atoms with Crippen LogP contribution < -0.4 is 10.5 Å². The van der Waals surface area contributed by atoms with Gasteiger partial charge in [0.25, 0.3) is 0 Å². The van der Waals surface area contributed by atoms with E-state index < -0.39 is 0 Å². The lowest BCUT2D eigenvalue weighted by Crippen LogP contribution is -2.38. The Morgan fingerprint density at radius 3 is 2.65 bits per heavy atom. The van der Waals surface area contributed by atoms with Crippen molar-refractivity contribution in [2.45, 2.75) is 45.7 Å². The maximum atomic E-state index is 6.09. The Morgan fingerprint density at radius 1 is 1.35 bits per heavy atom. The van der Waals surface area contributed by atoms with Crippen molar-refractivity contribution in [1.29, 1.82) is 0 Å². The second-order valence-corrected chi connectivity index (χ2v) is 6.08. The Balaban J connectivity index is 2.18. The van der Waals surface area contributed by atoms with Crippen molar-refractivity contribution in [1.82, 2.24) is 4.90 Å². The summed E-state index contributed by atoms with van der Waals surface area (Å²) < 4.78 is 5.62. The summed E-state index contributed by atoms with van der Waals surface area (Å²) in [7, 11) is 0. The summed E-state index contributed by atoms with van der Waals surface area (Å²) in [4.78, 5) is 2.59. The highest BCUT2D eigenvalue weighted by Crippen LogP contribution is 2.35. The number of ether oxygens (including phenoxy) is 1. The van der Waals surface area contributed by atoms with E-state index in [0.717, 1.165) is 18.3 Å². The number of nitrogens with zero attached hydrogens (tertiary/aromatic N) is 1. The molecule has 3 nitrogen and oxygen atoms in total. The highest BCUT2D eigenvalue weighted by atomic mass is 16.5. The van der Waals surface area contributed by atoms with E-state index in [1.165, 1.54) is 18.4 Å². The molecule has 1 aliphatic carbocycles. The molecule has 1 fully saturated rings. The van der Waals surface area contributed by atoms with Crippen LogP contribution in [0.25, 0.3) is 0 Å². The van der Waals surface area contributed by atoms with Gasteiger partial charge >= 0.3 is 0 Å². The highest BCUT2D eigenvalue weighted by Gasteiger charge is 2.34. The van der Waals surface area contributed by atoms with E-state index in [9.17, 15) is 0 Å². The van der Waals surface area contributed by atoms with Crippen LogP contribution in [-0.4, -0.2) is 30.6 Å². The van der Waals surface area contributed by atoms with E-state index in [-0.39, 0.29) is 0 Å². The molecule has 1 aromatic rings. The fourth-order valence-electron chi connectivity index (χ4n) is 2.80. The minimum absolute atomic E-state index is 0.310. The second-order valence-electron chi connectivity index (χ2n) is 6.08. The molecule has 2 N–H and O–H groups in total. The van der Waals surface area contributed by atoms with Crippen molar-refractivity contribution in [3.8, 4) is 5.75 Å². The van der Waals surface area contributed by atoms with Gasteiger partial charge in [0.15, 0.2) is 0 Å². The number of benzene rings is 1. The zero-order valence-corrected chi connectivity index (χ0v) is 13.0. The molecule has 1 atom stereocenters. The number of nitrogens with two attached hydrogens (primary N) is 1. The van der Waals surface area contributed by atoms with Gasteiger partial charge in [0, 0.05) is 25.2 Å². The summed E-state index contributed by atoms with van der Waals surface area (Å²) in [6.07, 6.45) is 2.63. The predicted octanol–water partition coefficient (Wildman–Crippen LogP) is 3.21. The first-order valence-corrected chi connectivity index (χ1v) is 7.84. The summed E-state index contributed by atoms with van der Waals surface area (Å²) >= 11 is 0. The van der Waals surface area contributed by atoms with Crippen LogP contribution >= 0.6 is 0 Å². The molecule has 20 heavy (non-hydrogen) atoms. The Hall–Kier alpha value is -1.06. The van der Waals surface area contributed by atoms with Crippen molar-refractivity contribution in [3.63, 3.8) is 0 Å². The van der Waals surface area contributed by atoms with Crippen molar-refractivity contribution >= 4 is 0 Å². The molecule has 2 rings (SSSR count). The van der Waals surface area contributed by atoms with E-state index in [1.807, 2.05) is 13.0 Å². The average Bonchev–Trinajstić information content (AvgIpc) is 3.23. The normalized spacial score (nSPS) is 16.7.